The summed E-state index contributed by atoms with van der Waals surface area (Å²) < 4.78 is 0. The maximum Gasteiger partial charge on any atom is 0.0624 e. The monoisotopic (exact) mass is 327 g/mol. The van der Waals surface area contributed by atoms with Gasteiger partial charge in [-0.1, -0.05) is 66.0 Å². The van der Waals surface area contributed by atoms with Gasteiger partial charge in [0.25, 0.3) is 0 Å². The lowest BCUT2D eigenvalue weighted by Crippen LogP contribution is -2.23. The van der Waals surface area contributed by atoms with Crippen molar-refractivity contribution in [1.29, 1.82) is 0 Å². The van der Waals surface area contributed by atoms with Crippen LogP contribution in [-0.4, -0.2) is 6.54 Å². The van der Waals surface area contributed by atoms with Crippen LogP contribution in [0.2, 0.25) is 15.1 Å². The molecule has 1 unspecified atom stereocenters. The Morgan fingerprint density at radius 3 is 2.50 bits per heavy atom. The maximum absolute atomic E-state index is 6.27. The number of rotatable bonds is 5. The van der Waals surface area contributed by atoms with E-state index in [-0.39, 0.29) is 6.04 Å². The zero-order valence-corrected chi connectivity index (χ0v) is 13.4. The van der Waals surface area contributed by atoms with E-state index in [4.69, 9.17) is 34.8 Å². The Hall–Kier alpha value is -0.730. The standard InChI is InChI=1S/C16H16Cl3N/c1-2-20-15(11-5-3-7-13(17)9-11)10-12-6-4-8-14(18)16(12)19/h3-9,15,20H,2,10H2,1H3. The quantitative estimate of drug-likeness (QED) is 0.760. The molecular weight excluding hydrogens is 313 g/mol. The molecule has 0 amide bonds. The van der Waals surface area contributed by atoms with Crippen LogP contribution in [0.4, 0.5) is 0 Å². The van der Waals surface area contributed by atoms with Gasteiger partial charge in [-0.15, -0.1) is 0 Å². The van der Waals surface area contributed by atoms with E-state index < -0.39 is 0 Å². The van der Waals surface area contributed by atoms with Gasteiger partial charge in [0, 0.05) is 11.1 Å². The Balaban J connectivity index is 2.28. The summed E-state index contributed by atoms with van der Waals surface area (Å²) in [6, 6.07) is 13.8. The Kier molecular flexibility index (Phi) is 5.74. The van der Waals surface area contributed by atoms with Crippen molar-refractivity contribution in [3.8, 4) is 0 Å². The van der Waals surface area contributed by atoms with E-state index in [1.807, 2.05) is 30.3 Å². The summed E-state index contributed by atoms with van der Waals surface area (Å²) in [6.45, 7) is 2.95. The highest BCUT2D eigenvalue weighted by Crippen LogP contribution is 2.29. The zero-order valence-electron chi connectivity index (χ0n) is 11.2. The average Bonchev–Trinajstić information content (AvgIpc) is 2.43. The molecule has 0 heterocycles. The van der Waals surface area contributed by atoms with Crippen LogP contribution >= 0.6 is 34.8 Å². The van der Waals surface area contributed by atoms with Crippen molar-refractivity contribution in [1.82, 2.24) is 5.32 Å². The van der Waals surface area contributed by atoms with Gasteiger partial charge in [0.1, 0.15) is 0 Å². The fraction of sp³-hybridized carbons (Fsp3) is 0.250. The molecule has 2 aromatic rings. The molecule has 0 aromatic heterocycles. The fourth-order valence-electron chi connectivity index (χ4n) is 2.20. The van der Waals surface area contributed by atoms with E-state index in [0.29, 0.717) is 10.0 Å². The number of likely N-dealkylation sites (N-methyl/N-ethyl adjacent to an activating group) is 1. The van der Waals surface area contributed by atoms with Crippen LogP contribution in [0.3, 0.4) is 0 Å². The van der Waals surface area contributed by atoms with E-state index in [1.165, 1.54) is 0 Å². The molecular formula is C16H16Cl3N. The van der Waals surface area contributed by atoms with E-state index in [1.54, 1.807) is 6.07 Å². The van der Waals surface area contributed by atoms with Gasteiger partial charge in [-0.3, -0.25) is 0 Å². The molecule has 0 saturated heterocycles. The first-order valence-electron chi connectivity index (χ1n) is 6.53. The van der Waals surface area contributed by atoms with Crippen LogP contribution in [-0.2, 0) is 6.42 Å². The highest BCUT2D eigenvalue weighted by molar-refractivity contribution is 6.42. The van der Waals surface area contributed by atoms with Crippen molar-refractivity contribution in [3.63, 3.8) is 0 Å². The molecule has 1 nitrogen and oxygen atoms in total. The molecule has 0 bridgehead atoms. The second-order valence-electron chi connectivity index (χ2n) is 4.58. The van der Waals surface area contributed by atoms with E-state index in [2.05, 4.69) is 18.3 Å². The van der Waals surface area contributed by atoms with Crippen molar-refractivity contribution in [2.75, 3.05) is 6.54 Å². The van der Waals surface area contributed by atoms with Gasteiger partial charge in [-0.25, -0.2) is 0 Å². The molecule has 0 saturated carbocycles. The third-order valence-corrected chi connectivity index (χ3v) is 4.25. The third-order valence-electron chi connectivity index (χ3n) is 3.16. The molecule has 106 valence electrons. The summed E-state index contributed by atoms with van der Waals surface area (Å²) in [7, 11) is 0. The van der Waals surface area contributed by atoms with Crippen molar-refractivity contribution >= 4 is 34.8 Å². The van der Waals surface area contributed by atoms with Crippen LogP contribution in [0.1, 0.15) is 24.1 Å². The number of nitrogens with one attached hydrogen (secondary N) is 1. The first kappa shape index (κ1) is 15.7. The van der Waals surface area contributed by atoms with Gasteiger partial charge in [-0.2, -0.15) is 0 Å². The summed E-state index contributed by atoms with van der Waals surface area (Å²) in [4.78, 5) is 0. The van der Waals surface area contributed by atoms with Crippen molar-refractivity contribution in [2.24, 2.45) is 0 Å². The summed E-state index contributed by atoms with van der Waals surface area (Å²) in [5.41, 5.74) is 2.18. The molecule has 0 aliphatic carbocycles. The van der Waals surface area contributed by atoms with E-state index >= 15 is 0 Å². The lowest BCUT2D eigenvalue weighted by molar-refractivity contribution is 0.550. The summed E-state index contributed by atoms with van der Waals surface area (Å²) in [5, 5.41) is 5.41. The lowest BCUT2D eigenvalue weighted by atomic mass is 9.99. The van der Waals surface area contributed by atoms with Crippen molar-refractivity contribution in [2.45, 2.75) is 19.4 Å². The van der Waals surface area contributed by atoms with Crippen LogP contribution in [0.15, 0.2) is 42.5 Å². The van der Waals surface area contributed by atoms with Gasteiger partial charge in [-0.05, 0) is 42.3 Å². The predicted molar refractivity (Wildman–Crippen MR) is 88.0 cm³/mol. The van der Waals surface area contributed by atoms with Gasteiger partial charge >= 0.3 is 0 Å². The minimum atomic E-state index is 0.162. The van der Waals surface area contributed by atoms with E-state index in [0.717, 1.165) is 29.1 Å². The van der Waals surface area contributed by atoms with Crippen LogP contribution < -0.4 is 5.32 Å². The molecule has 0 spiro atoms. The molecule has 0 fully saturated rings. The Bertz CT molecular complexity index is 584. The first-order chi connectivity index (χ1) is 9.61. The zero-order chi connectivity index (χ0) is 14.5. The molecule has 20 heavy (non-hydrogen) atoms. The SMILES string of the molecule is CCNC(Cc1cccc(Cl)c1Cl)c1cccc(Cl)c1. The average molecular weight is 329 g/mol. The summed E-state index contributed by atoms with van der Waals surface area (Å²) >= 11 is 18.4. The van der Waals surface area contributed by atoms with Crippen LogP contribution in [0, 0.1) is 0 Å². The van der Waals surface area contributed by atoms with Crippen molar-refractivity contribution < 1.29 is 0 Å². The molecule has 1 atom stereocenters. The minimum absolute atomic E-state index is 0.162. The molecule has 1 N–H and O–H groups in total. The van der Waals surface area contributed by atoms with Gasteiger partial charge in [0.15, 0.2) is 0 Å². The largest absolute Gasteiger partial charge is 0.310 e. The number of hydrogen-bond acceptors (Lipinski definition) is 1. The lowest BCUT2D eigenvalue weighted by Gasteiger charge is -2.19. The van der Waals surface area contributed by atoms with Crippen LogP contribution in [0.25, 0.3) is 0 Å². The first-order valence-corrected chi connectivity index (χ1v) is 7.67. The Labute approximate surface area is 134 Å². The third kappa shape index (κ3) is 3.89. The molecule has 0 aliphatic heterocycles. The molecule has 4 heteroatoms. The Morgan fingerprint density at radius 1 is 1.05 bits per heavy atom. The highest BCUT2D eigenvalue weighted by Gasteiger charge is 2.14. The molecule has 0 radical (unpaired) electrons. The van der Waals surface area contributed by atoms with Gasteiger partial charge in [0.2, 0.25) is 0 Å². The minimum Gasteiger partial charge on any atom is -0.310 e. The predicted octanol–water partition coefficient (Wildman–Crippen LogP) is 5.54. The Morgan fingerprint density at radius 2 is 1.80 bits per heavy atom. The second-order valence-corrected chi connectivity index (χ2v) is 5.80. The highest BCUT2D eigenvalue weighted by atomic mass is 35.5. The topological polar surface area (TPSA) is 12.0 Å². The van der Waals surface area contributed by atoms with E-state index in [9.17, 15) is 0 Å². The van der Waals surface area contributed by atoms with Crippen LogP contribution in [0.5, 0.6) is 0 Å². The number of halogens is 3. The summed E-state index contributed by atoms with van der Waals surface area (Å²) in [5.74, 6) is 0. The second kappa shape index (κ2) is 7.33. The molecule has 2 rings (SSSR count). The molecule has 0 aliphatic rings. The number of benzene rings is 2. The van der Waals surface area contributed by atoms with Crippen molar-refractivity contribution in [3.05, 3.63) is 68.7 Å². The van der Waals surface area contributed by atoms with Gasteiger partial charge in [0.05, 0.1) is 10.0 Å². The normalized spacial score (nSPS) is 12.4. The number of hydrogen-bond donors (Lipinski definition) is 1. The molecule has 2 aromatic carbocycles. The summed E-state index contributed by atoms with van der Waals surface area (Å²) in [6.07, 6.45) is 0.771. The maximum atomic E-state index is 6.27. The van der Waals surface area contributed by atoms with Gasteiger partial charge < -0.3 is 5.32 Å². The smallest absolute Gasteiger partial charge is 0.0624 e. The fourth-order valence-corrected chi connectivity index (χ4v) is 2.80.